The lowest BCUT2D eigenvalue weighted by molar-refractivity contribution is -0.143. The number of anilines is 1. The van der Waals surface area contributed by atoms with E-state index < -0.39 is 11.9 Å². The number of hydrogen-bond acceptors (Lipinski definition) is 8. The first kappa shape index (κ1) is 19.6. The third-order valence-corrected chi connectivity index (χ3v) is 4.11. The molecule has 0 bridgehead atoms. The molecular formula is C19H18ClN3O5. The Labute approximate surface area is 166 Å². The van der Waals surface area contributed by atoms with Crippen molar-refractivity contribution in [2.45, 2.75) is 13.5 Å². The van der Waals surface area contributed by atoms with Gasteiger partial charge >= 0.3 is 11.9 Å². The topological polar surface area (TPSA) is 94.8 Å². The summed E-state index contributed by atoms with van der Waals surface area (Å²) in [6.07, 6.45) is 0. The monoisotopic (exact) mass is 403 g/mol. The van der Waals surface area contributed by atoms with Crippen LogP contribution in [0.15, 0.2) is 40.8 Å². The smallest absolute Gasteiger partial charge is 0.374 e. The van der Waals surface area contributed by atoms with Crippen molar-refractivity contribution in [3.8, 4) is 0 Å². The number of para-hydroxylation sites is 1. The lowest BCUT2D eigenvalue weighted by Crippen LogP contribution is -2.28. The maximum Gasteiger partial charge on any atom is 0.374 e. The molecule has 0 saturated heterocycles. The van der Waals surface area contributed by atoms with Crippen LogP contribution < -0.4 is 4.90 Å². The Kier molecular flexibility index (Phi) is 6.10. The maximum absolute atomic E-state index is 12.2. The number of hydrogen-bond donors (Lipinski definition) is 0. The quantitative estimate of drug-likeness (QED) is 0.555. The molecule has 3 rings (SSSR count). The Morgan fingerprint density at radius 2 is 1.93 bits per heavy atom. The SMILES string of the molecule is CCOC(=O)c1oc2ccccc2c1COC(=O)CN(C)c1ccc(Cl)nn1. The van der Waals surface area contributed by atoms with Crippen molar-refractivity contribution in [3.63, 3.8) is 0 Å². The van der Waals surface area contributed by atoms with Gasteiger partial charge in [0, 0.05) is 12.4 Å². The molecule has 146 valence electrons. The van der Waals surface area contributed by atoms with Gasteiger partial charge in [0.05, 0.1) is 12.2 Å². The third kappa shape index (κ3) is 4.40. The number of carbonyl (C=O) groups excluding carboxylic acids is 2. The molecule has 0 aliphatic rings. The summed E-state index contributed by atoms with van der Waals surface area (Å²) in [7, 11) is 1.68. The predicted octanol–water partition coefficient (Wildman–Crippen LogP) is 3.23. The average molecular weight is 404 g/mol. The molecule has 0 unspecified atom stereocenters. The first-order chi connectivity index (χ1) is 13.5. The second-order valence-corrected chi connectivity index (χ2v) is 6.24. The van der Waals surface area contributed by atoms with E-state index in [2.05, 4.69) is 10.2 Å². The van der Waals surface area contributed by atoms with Crippen molar-refractivity contribution < 1.29 is 23.5 Å². The van der Waals surface area contributed by atoms with Crippen LogP contribution in [-0.4, -0.2) is 42.3 Å². The summed E-state index contributed by atoms with van der Waals surface area (Å²) < 4.78 is 16.0. The number of aromatic nitrogens is 2. The van der Waals surface area contributed by atoms with E-state index in [1.807, 2.05) is 6.07 Å². The van der Waals surface area contributed by atoms with E-state index in [4.69, 9.17) is 25.5 Å². The number of rotatable bonds is 7. The Balaban J connectivity index is 1.71. The second-order valence-electron chi connectivity index (χ2n) is 5.86. The van der Waals surface area contributed by atoms with Gasteiger partial charge in [-0.05, 0) is 25.1 Å². The number of carbonyl (C=O) groups is 2. The van der Waals surface area contributed by atoms with E-state index in [1.54, 1.807) is 49.2 Å². The highest BCUT2D eigenvalue weighted by Crippen LogP contribution is 2.27. The fourth-order valence-corrected chi connectivity index (χ4v) is 2.69. The average Bonchev–Trinajstić information content (AvgIpc) is 3.06. The zero-order chi connectivity index (χ0) is 20.1. The van der Waals surface area contributed by atoms with Crippen molar-refractivity contribution in [1.29, 1.82) is 0 Å². The van der Waals surface area contributed by atoms with E-state index >= 15 is 0 Å². The predicted molar refractivity (Wildman–Crippen MR) is 102 cm³/mol. The highest BCUT2D eigenvalue weighted by molar-refractivity contribution is 6.29. The first-order valence-electron chi connectivity index (χ1n) is 8.53. The molecule has 0 fully saturated rings. The van der Waals surface area contributed by atoms with E-state index in [0.29, 0.717) is 22.4 Å². The van der Waals surface area contributed by atoms with Crippen LogP contribution in [0.2, 0.25) is 5.15 Å². The molecule has 9 heteroatoms. The van der Waals surface area contributed by atoms with Crippen molar-refractivity contribution >= 4 is 40.3 Å². The van der Waals surface area contributed by atoms with Crippen LogP contribution in [0.5, 0.6) is 0 Å². The molecule has 0 aliphatic carbocycles. The van der Waals surface area contributed by atoms with Crippen LogP contribution >= 0.6 is 11.6 Å². The molecule has 1 aromatic carbocycles. The molecule has 0 aliphatic heterocycles. The Hall–Kier alpha value is -3.13. The summed E-state index contributed by atoms with van der Waals surface area (Å²) in [6.45, 7) is 1.74. The van der Waals surface area contributed by atoms with Crippen LogP contribution in [0.3, 0.4) is 0 Å². The van der Waals surface area contributed by atoms with Gasteiger partial charge in [0.15, 0.2) is 11.0 Å². The standard InChI is InChI=1S/C19H18ClN3O5/c1-3-26-19(25)18-13(12-6-4-5-7-14(12)28-18)11-27-17(24)10-23(2)16-9-8-15(20)21-22-16/h4-9H,3,10-11H2,1-2H3. The maximum atomic E-state index is 12.2. The fraction of sp³-hybridized carbons (Fsp3) is 0.263. The number of furan rings is 1. The van der Waals surface area contributed by atoms with Gasteiger partial charge in [-0.1, -0.05) is 29.8 Å². The number of esters is 2. The zero-order valence-electron chi connectivity index (χ0n) is 15.3. The fourth-order valence-electron chi connectivity index (χ4n) is 2.59. The van der Waals surface area contributed by atoms with Crippen LogP contribution in [0, 0.1) is 0 Å². The molecule has 2 aromatic heterocycles. The van der Waals surface area contributed by atoms with Crippen LogP contribution in [0.1, 0.15) is 23.0 Å². The highest BCUT2D eigenvalue weighted by atomic mass is 35.5. The lowest BCUT2D eigenvalue weighted by Gasteiger charge is -2.16. The first-order valence-corrected chi connectivity index (χ1v) is 8.91. The molecule has 0 amide bonds. The van der Waals surface area contributed by atoms with E-state index in [-0.39, 0.29) is 30.7 Å². The largest absolute Gasteiger partial charge is 0.460 e. The molecule has 0 spiro atoms. The summed E-state index contributed by atoms with van der Waals surface area (Å²) in [4.78, 5) is 26.0. The summed E-state index contributed by atoms with van der Waals surface area (Å²) in [5.74, 6) is -0.590. The number of fused-ring (bicyclic) bond motifs is 1. The zero-order valence-corrected chi connectivity index (χ0v) is 16.1. The van der Waals surface area contributed by atoms with Gasteiger partial charge in [-0.2, -0.15) is 0 Å². The van der Waals surface area contributed by atoms with Gasteiger partial charge in [-0.3, -0.25) is 4.79 Å². The molecule has 0 N–H and O–H groups in total. The molecular weight excluding hydrogens is 386 g/mol. The number of benzene rings is 1. The van der Waals surface area contributed by atoms with Gasteiger partial charge in [-0.15, -0.1) is 10.2 Å². The molecule has 0 saturated carbocycles. The normalized spacial score (nSPS) is 10.7. The van der Waals surface area contributed by atoms with E-state index in [0.717, 1.165) is 0 Å². The molecule has 3 aromatic rings. The Morgan fingerprint density at radius 1 is 1.14 bits per heavy atom. The Bertz CT molecular complexity index is 987. The summed E-state index contributed by atoms with van der Waals surface area (Å²) in [5, 5.41) is 8.59. The minimum absolute atomic E-state index is 0.0350. The number of halogens is 1. The third-order valence-electron chi connectivity index (χ3n) is 3.91. The molecule has 8 nitrogen and oxygen atoms in total. The summed E-state index contributed by atoms with van der Waals surface area (Å²) >= 11 is 5.71. The number of likely N-dealkylation sites (N-methyl/N-ethyl adjacent to an activating group) is 1. The summed E-state index contributed by atoms with van der Waals surface area (Å²) in [5.41, 5.74) is 0.987. The lowest BCUT2D eigenvalue weighted by atomic mass is 10.1. The van der Waals surface area contributed by atoms with Crippen molar-refractivity contribution in [1.82, 2.24) is 10.2 Å². The van der Waals surface area contributed by atoms with Gasteiger partial charge in [0.2, 0.25) is 5.76 Å². The van der Waals surface area contributed by atoms with Gasteiger partial charge in [0.25, 0.3) is 0 Å². The minimum atomic E-state index is -0.599. The van der Waals surface area contributed by atoms with Crippen LogP contribution in [-0.2, 0) is 20.9 Å². The molecule has 2 heterocycles. The minimum Gasteiger partial charge on any atom is -0.460 e. The van der Waals surface area contributed by atoms with Crippen LogP contribution in [0.25, 0.3) is 11.0 Å². The number of nitrogens with zero attached hydrogens (tertiary/aromatic N) is 3. The van der Waals surface area contributed by atoms with Gasteiger partial charge in [-0.25, -0.2) is 4.79 Å². The van der Waals surface area contributed by atoms with Gasteiger partial charge < -0.3 is 18.8 Å². The molecule has 28 heavy (non-hydrogen) atoms. The number of ether oxygens (including phenoxy) is 2. The van der Waals surface area contributed by atoms with E-state index in [9.17, 15) is 9.59 Å². The Morgan fingerprint density at radius 3 is 2.64 bits per heavy atom. The van der Waals surface area contributed by atoms with E-state index in [1.165, 1.54) is 0 Å². The van der Waals surface area contributed by atoms with Crippen molar-refractivity contribution in [2.75, 3.05) is 25.1 Å². The molecule has 0 radical (unpaired) electrons. The summed E-state index contributed by atoms with van der Waals surface area (Å²) in [6, 6.07) is 10.3. The van der Waals surface area contributed by atoms with Crippen LogP contribution in [0.4, 0.5) is 5.82 Å². The van der Waals surface area contributed by atoms with Crippen molar-refractivity contribution in [3.05, 3.63) is 52.9 Å². The second kappa shape index (κ2) is 8.71. The van der Waals surface area contributed by atoms with Gasteiger partial charge in [0.1, 0.15) is 18.7 Å². The molecule has 0 atom stereocenters. The highest BCUT2D eigenvalue weighted by Gasteiger charge is 2.23. The van der Waals surface area contributed by atoms with Crippen molar-refractivity contribution in [2.24, 2.45) is 0 Å².